The van der Waals surface area contributed by atoms with Gasteiger partial charge in [-0.1, -0.05) is 0 Å². The maximum atomic E-state index is 11.6. The molecular formula is C13H15N3O4. The zero-order chi connectivity index (χ0) is 14.1. The van der Waals surface area contributed by atoms with Crippen LogP contribution in [0.15, 0.2) is 16.5 Å². The monoisotopic (exact) mass is 277 g/mol. The summed E-state index contributed by atoms with van der Waals surface area (Å²) in [5.74, 6) is -0.0156. The molecule has 20 heavy (non-hydrogen) atoms. The molecule has 7 heteroatoms. The molecule has 1 unspecified atom stereocenters. The standard InChI is InChI=1S/C13H15N3O4/c1-18-13(17)7-4-9-10(5-8(7)14)20-12(16-9)11-6-15-2-3-19-11/h4-5,11,15H,2-3,6,14H2,1H3. The Balaban J connectivity index is 2.00. The summed E-state index contributed by atoms with van der Waals surface area (Å²) in [5, 5.41) is 3.20. The number of carbonyl (C=O) groups is 1. The Hall–Kier alpha value is -2.12. The number of carbonyl (C=O) groups excluding carboxylic acids is 1. The van der Waals surface area contributed by atoms with Crippen molar-refractivity contribution in [2.24, 2.45) is 0 Å². The summed E-state index contributed by atoms with van der Waals surface area (Å²) in [4.78, 5) is 16.0. The van der Waals surface area contributed by atoms with Crippen LogP contribution in [0.4, 0.5) is 5.69 Å². The van der Waals surface area contributed by atoms with Gasteiger partial charge in [-0.25, -0.2) is 9.78 Å². The van der Waals surface area contributed by atoms with Gasteiger partial charge in [0.1, 0.15) is 11.6 Å². The van der Waals surface area contributed by atoms with Crippen LogP contribution in [0.25, 0.3) is 11.1 Å². The van der Waals surface area contributed by atoms with Crippen LogP contribution in [0.1, 0.15) is 22.4 Å². The summed E-state index contributed by atoms with van der Waals surface area (Å²) in [6.07, 6.45) is -0.223. The lowest BCUT2D eigenvalue weighted by Gasteiger charge is -2.20. The molecule has 106 valence electrons. The summed E-state index contributed by atoms with van der Waals surface area (Å²) in [6, 6.07) is 3.15. The normalized spacial score (nSPS) is 19.1. The summed E-state index contributed by atoms with van der Waals surface area (Å²) in [7, 11) is 1.31. The van der Waals surface area contributed by atoms with E-state index in [0.29, 0.717) is 35.8 Å². The highest BCUT2D eigenvalue weighted by Crippen LogP contribution is 2.27. The average Bonchev–Trinajstić information content (AvgIpc) is 2.89. The number of nitrogens with one attached hydrogen (secondary N) is 1. The van der Waals surface area contributed by atoms with Crippen LogP contribution >= 0.6 is 0 Å². The molecule has 1 aliphatic rings. The molecule has 1 saturated heterocycles. The first kappa shape index (κ1) is 12.9. The van der Waals surface area contributed by atoms with Crippen molar-refractivity contribution in [3.05, 3.63) is 23.6 Å². The van der Waals surface area contributed by atoms with E-state index >= 15 is 0 Å². The van der Waals surface area contributed by atoms with Crippen LogP contribution in [0.5, 0.6) is 0 Å². The van der Waals surface area contributed by atoms with Crippen molar-refractivity contribution in [3.8, 4) is 0 Å². The number of fused-ring (bicyclic) bond motifs is 1. The molecule has 1 aromatic heterocycles. The number of nitrogens with two attached hydrogens (primary N) is 1. The van der Waals surface area contributed by atoms with E-state index in [-0.39, 0.29) is 11.7 Å². The third-order valence-corrected chi connectivity index (χ3v) is 3.18. The fourth-order valence-electron chi connectivity index (χ4n) is 2.16. The number of hydrogen-bond donors (Lipinski definition) is 2. The minimum atomic E-state index is -0.496. The molecule has 0 bridgehead atoms. The number of rotatable bonds is 2. The molecule has 2 heterocycles. The lowest BCUT2D eigenvalue weighted by atomic mass is 10.1. The van der Waals surface area contributed by atoms with E-state index in [1.165, 1.54) is 7.11 Å². The first-order valence-corrected chi connectivity index (χ1v) is 6.29. The molecule has 0 radical (unpaired) electrons. The zero-order valence-corrected chi connectivity index (χ0v) is 11.0. The molecule has 1 aliphatic heterocycles. The minimum absolute atomic E-state index is 0.223. The molecule has 7 nitrogen and oxygen atoms in total. The van der Waals surface area contributed by atoms with Crippen molar-refractivity contribution < 1.29 is 18.7 Å². The summed E-state index contributed by atoms with van der Waals surface area (Å²) in [6.45, 7) is 2.07. The van der Waals surface area contributed by atoms with Gasteiger partial charge in [0, 0.05) is 24.8 Å². The number of nitrogen functional groups attached to an aromatic ring is 1. The van der Waals surface area contributed by atoms with E-state index in [0.717, 1.165) is 6.54 Å². The van der Waals surface area contributed by atoms with Crippen molar-refractivity contribution in [3.63, 3.8) is 0 Å². The number of nitrogens with zero attached hydrogens (tertiary/aromatic N) is 1. The second-order valence-electron chi connectivity index (χ2n) is 4.51. The predicted molar refractivity (Wildman–Crippen MR) is 71.3 cm³/mol. The second-order valence-corrected chi connectivity index (χ2v) is 4.51. The van der Waals surface area contributed by atoms with Crippen molar-refractivity contribution in [2.75, 3.05) is 32.5 Å². The molecule has 1 aromatic carbocycles. The average molecular weight is 277 g/mol. The highest BCUT2D eigenvalue weighted by Gasteiger charge is 2.22. The van der Waals surface area contributed by atoms with Gasteiger partial charge in [0.2, 0.25) is 5.89 Å². The Labute approximate surface area is 115 Å². The number of oxazole rings is 1. The first-order valence-electron chi connectivity index (χ1n) is 6.29. The van der Waals surface area contributed by atoms with Gasteiger partial charge in [-0.05, 0) is 6.07 Å². The molecule has 3 rings (SSSR count). The van der Waals surface area contributed by atoms with Crippen LogP contribution < -0.4 is 11.1 Å². The zero-order valence-electron chi connectivity index (χ0n) is 11.0. The molecule has 2 aromatic rings. The summed E-state index contributed by atoms with van der Waals surface area (Å²) < 4.78 is 15.9. The molecule has 3 N–H and O–H groups in total. The smallest absolute Gasteiger partial charge is 0.340 e. The fourth-order valence-corrected chi connectivity index (χ4v) is 2.16. The molecule has 0 spiro atoms. The van der Waals surface area contributed by atoms with E-state index in [2.05, 4.69) is 15.0 Å². The Bertz CT molecular complexity index is 646. The summed E-state index contributed by atoms with van der Waals surface area (Å²) in [5.41, 5.74) is 7.49. The molecule has 1 atom stereocenters. The largest absolute Gasteiger partial charge is 0.465 e. The van der Waals surface area contributed by atoms with Gasteiger partial charge < -0.3 is 24.9 Å². The van der Waals surface area contributed by atoms with Gasteiger partial charge in [0.25, 0.3) is 0 Å². The third-order valence-electron chi connectivity index (χ3n) is 3.18. The molecule has 0 saturated carbocycles. The molecule has 1 fully saturated rings. The quantitative estimate of drug-likeness (QED) is 0.620. The SMILES string of the molecule is COC(=O)c1cc2nc(C3CNCCO3)oc2cc1N. The van der Waals surface area contributed by atoms with Gasteiger partial charge in [0.15, 0.2) is 5.58 Å². The maximum Gasteiger partial charge on any atom is 0.340 e. The summed E-state index contributed by atoms with van der Waals surface area (Å²) >= 11 is 0. The van der Waals surface area contributed by atoms with Gasteiger partial charge in [0.05, 0.1) is 19.3 Å². The van der Waals surface area contributed by atoms with Crippen molar-refractivity contribution in [2.45, 2.75) is 6.10 Å². The minimum Gasteiger partial charge on any atom is -0.465 e. The van der Waals surface area contributed by atoms with E-state index in [1.54, 1.807) is 12.1 Å². The van der Waals surface area contributed by atoms with Crippen LogP contribution in [0, 0.1) is 0 Å². The third kappa shape index (κ3) is 2.21. The highest BCUT2D eigenvalue weighted by molar-refractivity contribution is 5.99. The first-order chi connectivity index (χ1) is 9.69. The predicted octanol–water partition coefficient (Wildman–Crippen LogP) is 0.858. The van der Waals surface area contributed by atoms with Crippen molar-refractivity contribution in [1.82, 2.24) is 10.3 Å². The van der Waals surface area contributed by atoms with Crippen molar-refractivity contribution >= 4 is 22.8 Å². The number of anilines is 1. The lowest BCUT2D eigenvalue weighted by Crippen LogP contribution is -2.33. The number of ether oxygens (including phenoxy) is 2. The Morgan fingerprint density at radius 1 is 1.55 bits per heavy atom. The molecule has 0 amide bonds. The van der Waals surface area contributed by atoms with Gasteiger partial charge >= 0.3 is 5.97 Å². The number of morpholine rings is 1. The van der Waals surface area contributed by atoms with Crippen LogP contribution in [-0.2, 0) is 9.47 Å². The number of benzene rings is 1. The van der Waals surface area contributed by atoms with E-state index in [9.17, 15) is 4.79 Å². The van der Waals surface area contributed by atoms with Crippen molar-refractivity contribution in [1.29, 1.82) is 0 Å². The van der Waals surface area contributed by atoms with E-state index in [1.807, 2.05) is 0 Å². The van der Waals surface area contributed by atoms with Gasteiger partial charge in [-0.2, -0.15) is 0 Å². The number of hydrogen-bond acceptors (Lipinski definition) is 7. The number of methoxy groups -OCH3 is 1. The second kappa shape index (κ2) is 5.10. The number of aromatic nitrogens is 1. The van der Waals surface area contributed by atoms with E-state index in [4.69, 9.17) is 14.9 Å². The van der Waals surface area contributed by atoms with Gasteiger partial charge in [-0.15, -0.1) is 0 Å². The Morgan fingerprint density at radius 2 is 2.40 bits per heavy atom. The van der Waals surface area contributed by atoms with E-state index < -0.39 is 5.97 Å². The molecular weight excluding hydrogens is 262 g/mol. The number of esters is 1. The van der Waals surface area contributed by atoms with Gasteiger partial charge in [-0.3, -0.25) is 0 Å². The van der Waals surface area contributed by atoms with Crippen LogP contribution in [-0.4, -0.2) is 37.8 Å². The fraction of sp³-hybridized carbons (Fsp3) is 0.385. The topological polar surface area (TPSA) is 99.6 Å². The Morgan fingerprint density at radius 3 is 3.10 bits per heavy atom. The Kier molecular flexibility index (Phi) is 3.29. The highest BCUT2D eigenvalue weighted by atomic mass is 16.5. The van der Waals surface area contributed by atoms with Crippen LogP contribution in [0.3, 0.4) is 0 Å². The molecule has 0 aliphatic carbocycles. The maximum absolute atomic E-state index is 11.6. The lowest BCUT2D eigenvalue weighted by molar-refractivity contribution is 0.0118. The van der Waals surface area contributed by atoms with Crippen LogP contribution in [0.2, 0.25) is 0 Å².